The Balaban J connectivity index is 1.30. The highest BCUT2D eigenvalue weighted by molar-refractivity contribution is 6.35. The second-order valence-electron chi connectivity index (χ2n) is 8.59. The molecule has 41 heavy (non-hydrogen) atoms. The maximum atomic E-state index is 6.26. The van der Waals surface area contributed by atoms with Crippen LogP contribution in [0.5, 0.6) is 11.5 Å². The minimum atomic E-state index is 0.250. The average Bonchev–Trinajstić information content (AvgIpc) is 2.98. The number of aromatic nitrogens is 3. The molecule has 0 unspecified atom stereocenters. The highest BCUT2D eigenvalue weighted by Crippen LogP contribution is 2.30. The van der Waals surface area contributed by atoms with Gasteiger partial charge in [0, 0.05) is 27.0 Å². The highest BCUT2D eigenvalue weighted by atomic mass is 35.5. The maximum Gasteiger partial charge on any atom is 0.250 e. The lowest BCUT2D eigenvalue weighted by molar-refractivity contribution is 0.284. The van der Waals surface area contributed by atoms with Crippen molar-refractivity contribution < 1.29 is 9.47 Å². The number of hydrogen-bond donors (Lipinski definition) is 3. The van der Waals surface area contributed by atoms with E-state index in [2.05, 4.69) is 36.1 Å². The van der Waals surface area contributed by atoms with Gasteiger partial charge in [0.2, 0.25) is 17.8 Å². The summed E-state index contributed by atoms with van der Waals surface area (Å²) in [6, 6.07) is 30.0. The number of nitrogens with zero attached hydrogens (tertiary/aromatic N) is 4. The third-order valence-corrected chi connectivity index (χ3v) is 6.25. The smallest absolute Gasteiger partial charge is 0.250 e. The number of methoxy groups -OCH3 is 1. The number of para-hydroxylation sites is 2. The van der Waals surface area contributed by atoms with E-state index in [0.717, 1.165) is 22.5 Å². The van der Waals surface area contributed by atoms with Gasteiger partial charge < -0.3 is 20.1 Å². The first-order valence-electron chi connectivity index (χ1n) is 12.5. The van der Waals surface area contributed by atoms with Crippen LogP contribution in [0, 0.1) is 0 Å². The molecule has 5 rings (SSSR count). The minimum absolute atomic E-state index is 0.250. The number of hydrazone groups is 1. The van der Waals surface area contributed by atoms with Gasteiger partial charge in [-0.25, -0.2) is 5.43 Å². The molecule has 0 amide bonds. The predicted molar refractivity (Wildman–Crippen MR) is 164 cm³/mol. The fraction of sp³-hybridized carbons (Fsp3) is 0.0667. The molecular formula is C30H25Cl2N7O2. The third-order valence-electron chi connectivity index (χ3n) is 5.66. The van der Waals surface area contributed by atoms with E-state index in [4.69, 9.17) is 32.7 Å². The molecular weight excluding hydrogens is 561 g/mol. The lowest BCUT2D eigenvalue weighted by Gasteiger charge is -2.12. The molecule has 4 aromatic carbocycles. The molecule has 0 saturated carbocycles. The molecule has 206 valence electrons. The standard InChI is InChI=1S/C30H25Cl2N7O2/c1-40-27-16-20(12-15-26(27)41-19-21-13-14-22(31)17-25(21)32)18-33-39-30-37-28(34-23-8-4-2-5-9-23)36-29(38-30)35-24-10-6-3-7-11-24/h2-18H,19H2,1H3,(H3,34,35,36,37,38,39). The first kappa shape index (κ1) is 27.7. The second-order valence-corrected chi connectivity index (χ2v) is 9.44. The van der Waals surface area contributed by atoms with Gasteiger partial charge in [-0.05, 0) is 60.2 Å². The van der Waals surface area contributed by atoms with E-state index < -0.39 is 0 Å². The number of ether oxygens (including phenoxy) is 2. The Hall–Kier alpha value is -4.86. The molecule has 0 saturated heterocycles. The van der Waals surface area contributed by atoms with Gasteiger partial charge in [0.25, 0.3) is 0 Å². The fourth-order valence-electron chi connectivity index (χ4n) is 3.68. The van der Waals surface area contributed by atoms with Crippen LogP contribution >= 0.6 is 23.2 Å². The van der Waals surface area contributed by atoms with Gasteiger partial charge in [0.1, 0.15) is 6.61 Å². The molecule has 3 N–H and O–H groups in total. The number of nitrogens with one attached hydrogen (secondary N) is 3. The monoisotopic (exact) mass is 585 g/mol. The van der Waals surface area contributed by atoms with Crippen molar-refractivity contribution in [2.24, 2.45) is 5.10 Å². The number of halogens is 2. The van der Waals surface area contributed by atoms with Crippen LogP contribution < -0.4 is 25.5 Å². The van der Waals surface area contributed by atoms with Crippen LogP contribution in [0.15, 0.2) is 102 Å². The van der Waals surface area contributed by atoms with Crippen LogP contribution in [0.25, 0.3) is 0 Å². The summed E-state index contributed by atoms with van der Waals surface area (Å²) >= 11 is 12.2. The Morgan fingerprint density at radius 2 is 1.37 bits per heavy atom. The van der Waals surface area contributed by atoms with Crippen molar-refractivity contribution in [2.45, 2.75) is 6.61 Å². The molecule has 0 bridgehead atoms. The van der Waals surface area contributed by atoms with Crippen molar-refractivity contribution in [3.05, 3.63) is 118 Å². The number of rotatable bonds is 11. The second kappa shape index (κ2) is 13.5. The van der Waals surface area contributed by atoms with Crippen molar-refractivity contribution in [3.63, 3.8) is 0 Å². The summed E-state index contributed by atoms with van der Waals surface area (Å²) in [7, 11) is 1.57. The van der Waals surface area contributed by atoms with E-state index in [1.54, 1.807) is 31.5 Å². The molecule has 0 fully saturated rings. The summed E-state index contributed by atoms with van der Waals surface area (Å²) < 4.78 is 11.5. The van der Waals surface area contributed by atoms with Crippen LogP contribution in [-0.4, -0.2) is 28.3 Å². The van der Waals surface area contributed by atoms with Crippen molar-refractivity contribution in [3.8, 4) is 11.5 Å². The molecule has 1 heterocycles. The van der Waals surface area contributed by atoms with E-state index in [9.17, 15) is 0 Å². The highest BCUT2D eigenvalue weighted by Gasteiger charge is 2.09. The lowest BCUT2D eigenvalue weighted by atomic mass is 10.2. The van der Waals surface area contributed by atoms with E-state index in [1.165, 1.54) is 0 Å². The summed E-state index contributed by atoms with van der Waals surface area (Å²) in [5.74, 6) is 2.06. The van der Waals surface area contributed by atoms with E-state index >= 15 is 0 Å². The van der Waals surface area contributed by atoms with Crippen molar-refractivity contribution >= 4 is 58.6 Å². The normalized spacial score (nSPS) is 10.8. The Labute approximate surface area is 247 Å². The summed E-state index contributed by atoms with van der Waals surface area (Å²) in [6.45, 7) is 0.263. The quantitative estimate of drug-likeness (QED) is 0.107. The summed E-state index contributed by atoms with van der Waals surface area (Å²) in [5.41, 5.74) is 6.15. The van der Waals surface area contributed by atoms with Crippen molar-refractivity contribution in [1.82, 2.24) is 15.0 Å². The molecule has 0 aliphatic carbocycles. The number of hydrogen-bond acceptors (Lipinski definition) is 9. The molecule has 0 radical (unpaired) electrons. The van der Waals surface area contributed by atoms with Gasteiger partial charge in [-0.3, -0.25) is 0 Å². The Kier molecular flexibility index (Phi) is 9.10. The summed E-state index contributed by atoms with van der Waals surface area (Å²) in [4.78, 5) is 13.4. The molecule has 9 nitrogen and oxygen atoms in total. The number of benzene rings is 4. The van der Waals surface area contributed by atoms with Crippen molar-refractivity contribution in [2.75, 3.05) is 23.2 Å². The Bertz CT molecular complexity index is 1580. The van der Waals surface area contributed by atoms with Crippen LogP contribution in [0.4, 0.5) is 29.2 Å². The molecule has 5 aromatic rings. The molecule has 0 spiro atoms. The molecule has 0 aliphatic rings. The fourth-order valence-corrected chi connectivity index (χ4v) is 4.14. The third kappa shape index (κ3) is 7.84. The molecule has 11 heteroatoms. The first-order chi connectivity index (χ1) is 20.1. The maximum absolute atomic E-state index is 6.26. The van der Waals surface area contributed by atoms with E-state index in [0.29, 0.717) is 33.4 Å². The Morgan fingerprint density at radius 1 is 0.732 bits per heavy atom. The van der Waals surface area contributed by atoms with Gasteiger partial charge in [-0.15, -0.1) is 0 Å². The van der Waals surface area contributed by atoms with E-state index in [-0.39, 0.29) is 12.6 Å². The zero-order valence-corrected chi connectivity index (χ0v) is 23.4. The zero-order chi connectivity index (χ0) is 28.4. The van der Waals surface area contributed by atoms with Crippen LogP contribution in [-0.2, 0) is 6.61 Å². The van der Waals surface area contributed by atoms with Crippen LogP contribution in [0.1, 0.15) is 11.1 Å². The minimum Gasteiger partial charge on any atom is -0.493 e. The Morgan fingerprint density at radius 3 is 1.98 bits per heavy atom. The van der Waals surface area contributed by atoms with Crippen molar-refractivity contribution in [1.29, 1.82) is 0 Å². The molecule has 0 atom stereocenters. The molecule has 1 aromatic heterocycles. The zero-order valence-electron chi connectivity index (χ0n) is 21.9. The van der Waals surface area contributed by atoms with E-state index in [1.807, 2.05) is 78.9 Å². The van der Waals surface area contributed by atoms with Gasteiger partial charge in [-0.2, -0.15) is 20.1 Å². The summed E-state index contributed by atoms with van der Waals surface area (Å²) in [5, 5.41) is 11.8. The van der Waals surface area contributed by atoms with Gasteiger partial charge >= 0.3 is 0 Å². The number of anilines is 5. The molecule has 0 aliphatic heterocycles. The SMILES string of the molecule is COc1cc(C=NNc2nc(Nc3ccccc3)nc(Nc3ccccc3)n2)ccc1OCc1ccc(Cl)cc1Cl. The summed E-state index contributed by atoms with van der Waals surface area (Å²) in [6.07, 6.45) is 1.63. The van der Waals surface area contributed by atoms with Crippen LogP contribution in [0.3, 0.4) is 0 Å². The average molecular weight is 586 g/mol. The van der Waals surface area contributed by atoms with Gasteiger partial charge in [0.15, 0.2) is 11.5 Å². The first-order valence-corrected chi connectivity index (χ1v) is 13.3. The van der Waals surface area contributed by atoms with Gasteiger partial charge in [-0.1, -0.05) is 65.7 Å². The topological polar surface area (TPSA) is 106 Å². The van der Waals surface area contributed by atoms with Gasteiger partial charge in [0.05, 0.1) is 13.3 Å². The lowest BCUT2D eigenvalue weighted by Crippen LogP contribution is -2.07. The predicted octanol–water partition coefficient (Wildman–Crippen LogP) is 7.70. The largest absolute Gasteiger partial charge is 0.493 e. The van der Waals surface area contributed by atoms with Crippen LogP contribution in [0.2, 0.25) is 10.0 Å².